The maximum absolute atomic E-state index is 12.4. The van der Waals surface area contributed by atoms with Crippen molar-refractivity contribution in [1.82, 2.24) is 14.6 Å². The molecule has 2 N–H and O–H groups in total. The fourth-order valence-electron chi connectivity index (χ4n) is 3.43. The number of fused-ring (bicyclic) bond motifs is 1. The van der Waals surface area contributed by atoms with Crippen LogP contribution in [0, 0.1) is 0 Å². The Morgan fingerprint density at radius 1 is 1.17 bits per heavy atom. The Morgan fingerprint density at radius 2 is 1.97 bits per heavy atom. The molecule has 3 aromatic rings. The molecule has 0 fully saturated rings. The Kier molecular flexibility index (Phi) is 5.56. The number of nitrogens with zero attached hydrogens (tertiary/aromatic N) is 2. The molecule has 0 atom stereocenters. The molecule has 0 saturated heterocycles. The van der Waals surface area contributed by atoms with Crippen molar-refractivity contribution in [3.05, 3.63) is 71.7 Å². The molecule has 156 valence electrons. The summed E-state index contributed by atoms with van der Waals surface area (Å²) in [7, 11) is -3.25. The molecule has 0 unspecified atom stereocenters. The monoisotopic (exact) mass is 426 g/mol. The highest BCUT2D eigenvalue weighted by molar-refractivity contribution is 7.88. The molecule has 30 heavy (non-hydrogen) atoms. The second-order valence-corrected chi connectivity index (χ2v) is 9.06. The lowest BCUT2D eigenvalue weighted by molar-refractivity contribution is 0.250. The van der Waals surface area contributed by atoms with E-state index in [1.807, 2.05) is 42.5 Å². The van der Waals surface area contributed by atoms with Crippen LogP contribution in [0.5, 0.6) is 0 Å². The van der Waals surface area contributed by atoms with Gasteiger partial charge in [-0.3, -0.25) is 0 Å². The van der Waals surface area contributed by atoms with E-state index >= 15 is 0 Å². The van der Waals surface area contributed by atoms with Crippen LogP contribution in [0.2, 0.25) is 0 Å². The number of rotatable bonds is 5. The largest absolute Gasteiger partial charge is 0.439 e. The Morgan fingerprint density at radius 3 is 2.73 bits per heavy atom. The third kappa shape index (κ3) is 4.52. The number of nitrogens with one attached hydrogen (secondary N) is 2. The number of carbonyl (C=O) groups is 1. The van der Waals surface area contributed by atoms with Crippen LogP contribution in [0.4, 0.5) is 10.5 Å². The number of benzene rings is 2. The molecule has 0 radical (unpaired) electrons. The van der Waals surface area contributed by atoms with Gasteiger partial charge in [0.05, 0.1) is 19.0 Å². The molecule has 8 nitrogen and oxygen atoms in total. The van der Waals surface area contributed by atoms with Crippen LogP contribution in [0.1, 0.15) is 17.0 Å². The number of aromatic nitrogens is 1. The first kappa shape index (κ1) is 20.1. The van der Waals surface area contributed by atoms with Gasteiger partial charge in [0.1, 0.15) is 0 Å². The van der Waals surface area contributed by atoms with E-state index in [0.29, 0.717) is 36.8 Å². The van der Waals surface area contributed by atoms with Crippen molar-refractivity contribution in [1.29, 1.82) is 0 Å². The third-order valence-corrected chi connectivity index (χ3v) is 6.21. The number of hydrogen-bond acceptors (Lipinski definition) is 5. The van der Waals surface area contributed by atoms with Crippen LogP contribution < -0.4 is 10.6 Å². The molecule has 0 saturated carbocycles. The highest BCUT2D eigenvalue weighted by Gasteiger charge is 2.25. The zero-order valence-corrected chi connectivity index (χ0v) is 17.3. The molecule has 1 aliphatic heterocycles. The minimum atomic E-state index is -3.25. The number of anilines is 1. The molecule has 2 amide bonds. The number of oxazole rings is 1. The smallest absolute Gasteiger partial charge is 0.319 e. The fraction of sp³-hybridized carbons (Fsp3) is 0.238. The molecule has 2 heterocycles. The summed E-state index contributed by atoms with van der Waals surface area (Å²) in [5, 5.41) is 5.58. The van der Waals surface area contributed by atoms with E-state index in [-0.39, 0.29) is 12.6 Å². The van der Waals surface area contributed by atoms with E-state index in [2.05, 4.69) is 15.6 Å². The van der Waals surface area contributed by atoms with Gasteiger partial charge in [0.25, 0.3) is 0 Å². The van der Waals surface area contributed by atoms with Crippen molar-refractivity contribution < 1.29 is 17.6 Å². The lowest BCUT2D eigenvalue weighted by Gasteiger charge is -2.28. The van der Waals surface area contributed by atoms with Crippen molar-refractivity contribution in [2.45, 2.75) is 19.5 Å². The van der Waals surface area contributed by atoms with Crippen LogP contribution in [0.3, 0.4) is 0 Å². The van der Waals surface area contributed by atoms with Gasteiger partial charge in [-0.1, -0.05) is 42.5 Å². The first-order valence-corrected chi connectivity index (χ1v) is 11.4. The summed E-state index contributed by atoms with van der Waals surface area (Å²) in [6, 6.07) is 14.7. The number of urea groups is 1. The lowest BCUT2D eigenvalue weighted by atomic mass is 9.99. The Bertz CT molecular complexity index is 1160. The van der Waals surface area contributed by atoms with Crippen molar-refractivity contribution >= 4 is 21.7 Å². The van der Waals surface area contributed by atoms with Gasteiger partial charge in [0.15, 0.2) is 5.76 Å². The van der Waals surface area contributed by atoms with E-state index in [1.54, 1.807) is 12.3 Å². The summed E-state index contributed by atoms with van der Waals surface area (Å²) < 4.78 is 30.7. The molecule has 0 aliphatic carbocycles. The minimum Gasteiger partial charge on any atom is -0.439 e. The topological polar surface area (TPSA) is 105 Å². The van der Waals surface area contributed by atoms with E-state index in [1.165, 1.54) is 10.6 Å². The standard InChI is InChI=1S/C21H22N4O4S/c1-30(27,28)25-11-10-17-16(14-25)8-5-9-18(17)24-21(26)23-13-20-22-12-19(29-20)15-6-3-2-4-7-15/h2-9,12H,10-11,13-14H2,1H3,(H2,23,24,26). The average molecular weight is 426 g/mol. The van der Waals surface area contributed by atoms with Gasteiger partial charge in [0, 0.05) is 24.3 Å². The van der Waals surface area contributed by atoms with Crippen LogP contribution in [0.25, 0.3) is 11.3 Å². The highest BCUT2D eigenvalue weighted by atomic mass is 32.2. The molecule has 0 bridgehead atoms. The zero-order chi connectivity index (χ0) is 21.1. The molecular formula is C21H22N4O4S. The first-order valence-electron chi connectivity index (χ1n) is 9.51. The van der Waals surface area contributed by atoms with Crippen LogP contribution >= 0.6 is 0 Å². The van der Waals surface area contributed by atoms with Crippen molar-refractivity contribution in [2.75, 3.05) is 18.1 Å². The minimum absolute atomic E-state index is 0.148. The molecule has 0 spiro atoms. The average Bonchev–Trinajstić information content (AvgIpc) is 3.21. The molecule has 9 heteroatoms. The van der Waals surface area contributed by atoms with Gasteiger partial charge in [-0.05, 0) is 23.6 Å². The summed E-state index contributed by atoms with van der Waals surface area (Å²) in [6.07, 6.45) is 3.38. The zero-order valence-electron chi connectivity index (χ0n) is 16.5. The Hall–Kier alpha value is -3.17. The SMILES string of the molecule is CS(=O)(=O)N1CCc2c(cccc2NC(=O)NCc2ncc(-c3ccccc3)o2)C1. The maximum atomic E-state index is 12.4. The number of carbonyl (C=O) groups excluding carboxylic acids is 1. The molecule has 2 aromatic carbocycles. The first-order chi connectivity index (χ1) is 14.4. The van der Waals surface area contributed by atoms with Gasteiger partial charge >= 0.3 is 6.03 Å². The van der Waals surface area contributed by atoms with E-state index in [0.717, 1.165) is 16.7 Å². The van der Waals surface area contributed by atoms with Gasteiger partial charge in [-0.15, -0.1) is 0 Å². The predicted octanol–water partition coefficient (Wildman–Crippen LogP) is 2.98. The van der Waals surface area contributed by atoms with Crippen LogP contribution in [-0.2, 0) is 29.5 Å². The maximum Gasteiger partial charge on any atom is 0.319 e. The third-order valence-electron chi connectivity index (χ3n) is 4.96. The number of amides is 2. The lowest BCUT2D eigenvalue weighted by Crippen LogP contribution is -2.36. The van der Waals surface area contributed by atoms with Crippen molar-refractivity contribution in [3.63, 3.8) is 0 Å². The van der Waals surface area contributed by atoms with E-state index < -0.39 is 10.0 Å². The normalized spacial score (nSPS) is 14.2. The molecule has 1 aliphatic rings. The van der Waals surface area contributed by atoms with Crippen molar-refractivity contribution in [3.8, 4) is 11.3 Å². The Balaban J connectivity index is 1.38. The molecular weight excluding hydrogens is 404 g/mol. The summed E-state index contributed by atoms with van der Waals surface area (Å²) in [5.41, 5.74) is 3.44. The van der Waals surface area contributed by atoms with E-state index in [9.17, 15) is 13.2 Å². The fourth-order valence-corrected chi connectivity index (χ4v) is 4.23. The summed E-state index contributed by atoms with van der Waals surface area (Å²) in [5.74, 6) is 1.04. The summed E-state index contributed by atoms with van der Waals surface area (Å²) >= 11 is 0. The highest BCUT2D eigenvalue weighted by Crippen LogP contribution is 2.27. The summed E-state index contributed by atoms with van der Waals surface area (Å²) in [4.78, 5) is 16.6. The second kappa shape index (κ2) is 8.29. The summed E-state index contributed by atoms with van der Waals surface area (Å²) in [6.45, 7) is 0.851. The Labute approximate surface area is 175 Å². The van der Waals surface area contributed by atoms with Gasteiger partial charge in [-0.2, -0.15) is 4.31 Å². The predicted molar refractivity (Wildman–Crippen MR) is 113 cm³/mol. The van der Waals surface area contributed by atoms with Gasteiger partial charge < -0.3 is 15.1 Å². The molecule has 4 rings (SSSR count). The van der Waals surface area contributed by atoms with Crippen molar-refractivity contribution in [2.24, 2.45) is 0 Å². The van der Waals surface area contributed by atoms with Crippen LogP contribution in [-0.4, -0.2) is 36.5 Å². The second-order valence-electron chi connectivity index (χ2n) is 7.08. The van der Waals surface area contributed by atoms with Crippen LogP contribution in [0.15, 0.2) is 59.1 Å². The number of hydrogen-bond donors (Lipinski definition) is 2. The van der Waals surface area contributed by atoms with Gasteiger partial charge in [0.2, 0.25) is 15.9 Å². The van der Waals surface area contributed by atoms with Gasteiger partial charge in [-0.25, -0.2) is 18.2 Å². The number of sulfonamides is 1. The van der Waals surface area contributed by atoms with E-state index in [4.69, 9.17) is 4.42 Å². The molecule has 1 aromatic heterocycles. The quantitative estimate of drug-likeness (QED) is 0.653.